The number of carbonyl (C=O) groups excluding carboxylic acids is 1. The van der Waals surface area contributed by atoms with E-state index in [1.54, 1.807) is 18.3 Å². The summed E-state index contributed by atoms with van der Waals surface area (Å²) in [7, 11) is 0. The molecule has 1 aromatic carbocycles. The number of amides is 1. The van der Waals surface area contributed by atoms with E-state index < -0.39 is 30.3 Å². The second kappa shape index (κ2) is 7.22. The largest absolute Gasteiger partial charge is 0.481 e. The molecule has 0 spiro atoms. The quantitative estimate of drug-likeness (QED) is 0.594. The van der Waals surface area contributed by atoms with E-state index in [4.69, 9.17) is 17.3 Å². The van der Waals surface area contributed by atoms with E-state index in [-0.39, 0.29) is 9.23 Å². The number of carbonyl (C=O) groups is 3. The van der Waals surface area contributed by atoms with Gasteiger partial charge in [0.15, 0.2) is 0 Å². The highest BCUT2D eigenvalue weighted by Gasteiger charge is 2.41. The second-order valence-corrected chi connectivity index (χ2v) is 7.10. The normalized spacial score (nSPS) is 17.1. The predicted molar refractivity (Wildman–Crippen MR) is 100 cm³/mol. The van der Waals surface area contributed by atoms with Crippen LogP contribution in [0.4, 0.5) is 0 Å². The van der Waals surface area contributed by atoms with Crippen LogP contribution in [0, 0.1) is 0 Å². The van der Waals surface area contributed by atoms with Crippen molar-refractivity contribution in [1.29, 1.82) is 0 Å². The van der Waals surface area contributed by atoms with Gasteiger partial charge in [-0.3, -0.25) is 19.5 Å². The third-order valence-electron chi connectivity index (χ3n) is 3.76. The molecule has 1 aromatic heterocycles. The highest BCUT2D eigenvalue weighted by atomic mass is 32.2. The number of pyridine rings is 1. The summed E-state index contributed by atoms with van der Waals surface area (Å²) >= 11 is 6.06. The van der Waals surface area contributed by atoms with E-state index in [0.29, 0.717) is 0 Å². The number of carboxylic acids is 2. The second-order valence-electron chi connectivity index (χ2n) is 5.42. The number of carboxylic acid groups (broad SMARTS) is 2. The maximum absolute atomic E-state index is 12.7. The summed E-state index contributed by atoms with van der Waals surface area (Å²) in [5.74, 6) is -3.36. The Hall–Kier alpha value is -2.78. The molecule has 2 heterocycles. The summed E-state index contributed by atoms with van der Waals surface area (Å²) in [6, 6.07) is 7.59. The lowest BCUT2D eigenvalue weighted by Gasteiger charge is -2.21. The first-order chi connectivity index (χ1) is 12.4. The van der Waals surface area contributed by atoms with Gasteiger partial charge in [0.05, 0.1) is 16.8 Å². The first-order valence-electron chi connectivity index (χ1n) is 7.44. The lowest BCUT2D eigenvalue weighted by molar-refractivity contribution is -0.150. The molecule has 0 radical (unpaired) electrons. The Labute approximate surface area is 157 Å². The van der Waals surface area contributed by atoms with Gasteiger partial charge in [0.2, 0.25) is 0 Å². The summed E-state index contributed by atoms with van der Waals surface area (Å²) in [6.07, 6.45) is 2.50. The van der Waals surface area contributed by atoms with Crippen LogP contribution in [-0.2, 0) is 14.4 Å². The van der Waals surface area contributed by atoms with Gasteiger partial charge in [0.1, 0.15) is 10.4 Å². The molecule has 3 rings (SSSR count). The number of hydrogen-bond donors (Lipinski definition) is 2. The first-order valence-corrected chi connectivity index (χ1v) is 8.66. The van der Waals surface area contributed by atoms with Crippen LogP contribution in [0.15, 0.2) is 41.4 Å². The lowest BCUT2D eigenvalue weighted by Crippen LogP contribution is -2.45. The number of benzene rings is 1. The first kappa shape index (κ1) is 18.0. The lowest BCUT2D eigenvalue weighted by atomic mass is 10.1. The average Bonchev–Trinajstić information content (AvgIpc) is 2.86. The number of aliphatic carboxylic acids is 2. The van der Waals surface area contributed by atoms with Crippen molar-refractivity contribution in [3.05, 3.63) is 47.0 Å². The van der Waals surface area contributed by atoms with Crippen LogP contribution in [0.5, 0.6) is 0 Å². The standard InChI is InChI=1S/C17H12N2O5S2/c20-14(21)8-12(16(23)24)19-15(22)13(26-17(19)25)7-9-5-6-18-11-4-2-1-3-10(9)11/h1-7,12H,8H2,(H,20,21)(H,23,24). The Morgan fingerprint density at radius 1 is 1.27 bits per heavy atom. The van der Waals surface area contributed by atoms with E-state index >= 15 is 0 Å². The number of fused-ring (bicyclic) bond motifs is 1. The van der Waals surface area contributed by atoms with Crippen molar-refractivity contribution in [2.24, 2.45) is 0 Å². The fourth-order valence-electron chi connectivity index (χ4n) is 2.59. The summed E-state index contributed by atoms with van der Waals surface area (Å²) < 4.78 is 0.0215. The van der Waals surface area contributed by atoms with E-state index in [2.05, 4.69) is 4.98 Å². The van der Waals surface area contributed by atoms with Gasteiger partial charge in [0, 0.05) is 11.6 Å². The van der Waals surface area contributed by atoms with Crippen LogP contribution in [-0.4, -0.2) is 48.3 Å². The van der Waals surface area contributed by atoms with Crippen LogP contribution in [0.25, 0.3) is 17.0 Å². The molecule has 2 aromatic rings. The molecule has 1 atom stereocenters. The molecule has 1 aliphatic heterocycles. The molecule has 1 aliphatic rings. The number of hydrogen-bond acceptors (Lipinski definition) is 6. The minimum atomic E-state index is -1.54. The van der Waals surface area contributed by atoms with Crippen LogP contribution < -0.4 is 0 Å². The Bertz CT molecular complexity index is 967. The van der Waals surface area contributed by atoms with Gasteiger partial charge in [-0.1, -0.05) is 42.2 Å². The summed E-state index contributed by atoms with van der Waals surface area (Å²) in [5, 5.41) is 19.0. The molecular formula is C17H12N2O5S2. The maximum atomic E-state index is 12.7. The predicted octanol–water partition coefficient (Wildman–Crippen LogP) is 2.36. The Morgan fingerprint density at radius 2 is 2.00 bits per heavy atom. The summed E-state index contributed by atoms with van der Waals surface area (Å²) in [5.41, 5.74) is 1.49. The number of rotatable bonds is 5. The highest BCUT2D eigenvalue weighted by molar-refractivity contribution is 8.26. The molecule has 2 N–H and O–H groups in total. The Kier molecular flexibility index (Phi) is 5.01. The molecule has 7 nitrogen and oxygen atoms in total. The molecule has 0 aliphatic carbocycles. The molecule has 0 bridgehead atoms. The van der Waals surface area contributed by atoms with Crippen molar-refractivity contribution in [3.63, 3.8) is 0 Å². The molecule has 1 amide bonds. The van der Waals surface area contributed by atoms with Crippen LogP contribution in [0.2, 0.25) is 0 Å². The molecular weight excluding hydrogens is 376 g/mol. The van der Waals surface area contributed by atoms with Crippen molar-refractivity contribution in [1.82, 2.24) is 9.88 Å². The van der Waals surface area contributed by atoms with E-state index in [0.717, 1.165) is 33.1 Å². The van der Waals surface area contributed by atoms with Crippen LogP contribution in [0.1, 0.15) is 12.0 Å². The molecule has 26 heavy (non-hydrogen) atoms. The summed E-state index contributed by atoms with van der Waals surface area (Å²) in [4.78, 5) is 40.3. The van der Waals surface area contributed by atoms with Crippen molar-refractivity contribution in [2.75, 3.05) is 0 Å². The van der Waals surface area contributed by atoms with Gasteiger partial charge in [-0.25, -0.2) is 4.79 Å². The number of para-hydroxylation sites is 1. The Morgan fingerprint density at radius 3 is 2.69 bits per heavy atom. The van der Waals surface area contributed by atoms with Gasteiger partial charge in [-0.05, 0) is 23.8 Å². The third kappa shape index (κ3) is 3.44. The Balaban J connectivity index is 1.99. The van der Waals surface area contributed by atoms with E-state index in [9.17, 15) is 19.5 Å². The smallest absolute Gasteiger partial charge is 0.327 e. The van der Waals surface area contributed by atoms with Gasteiger partial charge < -0.3 is 10.2 Å². The number of thiocarbonyl (C=S) groups is 1. The zero-order valence-corrected chi connectivity index (χ0v) is 14.8. The van der Waals surface area contributed by atoms with Crippen LogP contribution in [0.3, 0.4) is 0 Å². The summed E-state index contributed by atoms with van der Waals surface area (Å²) in [6.45, 7) is 0. The number of aromatic nitrogens is 1. The minimum Gasteiger partial charge on any atom is -0.481 e. The minimum absolute atomic E-state index is 0.0215. The molecule has 132 valence electrons. The topological polar surface area (TPSA) is 108 Å². The zero-order valence-electron chi connectivity index (χ0n) is 13.2. The fraction of sp³-hybridized carbons (Fsp3) is 0.118. The van der Waals surface area contributed by atoms with Crippen molar-refractivity contribution < 1.29 is 24.6 Å². The monoisotopic (exact) mass is 388 g/mol. The van der Waals surface area contributed by atoms with Crippen molar-refractivity contribution in [3.8, 4) is 0 Å². The molecule has 9 heteroatoms. The van der Waals surface area contributed by atoms with Gasteiger partial charge in [-0.2, -0.15) is 0 Å². The number of nitrogens with zero attached hydrogens (tertiary/aromatic N) is 2. The zero-order chi connectivity index (χ0) is 18.8. The molecule has 1 unspecified atom stereocenters. The SMILES string of the molecule is O=C(O)CC(C(=O)O)N1C(=O)C(=Cc2ccnc3ccccc23)SC1=S. The molecule has 1 fully saturated rings. The third-order valence-corrected chi connectivity index (χ3v) is 5.09. The van der Waals surface area contributed by atoms with Crippen molar-refractivity contribution in [2.45, 2.75) is 12.5 Å². The fourth-order valence-corrected chi connectivity index (χ4v) is 3.94. The van der Waals surface area contributed by atoms with Gasteiger partial charge >= 0.3 is 11.9 Å². The van der Waals surface area contributed by atoms with Crippen LogP contribution >= 0.6 is 24.0 Å². The molecule has 0 saturated carbocycles. The van der Waals surface area contributed by atoms with E-state index in [1.165, 1.54) is 0 Å². The highest BCUT2D eigenvalue weighted by Crippen LogP contribution is 2.35. The number of thioether (sulfide) groups is 1. The van der Waals surface area contributed by atoms with Crippen molar-refractivity contribution >= 4 is 63.1 Å². The van der Waals surface area contributed by atoms with Gasteiger partial charge in [0.25, 0.3) is 5.91 Å². The average molecular weight is 388 g/mol. The maximum Gasteiger partial charge on any atom is 0.327 e. The van der Waals surface area contributed by atoms with E-state index in [1.807, 2.05) is 24.3 Å². The molecule has 1 saturated heterocycles. The van der Waals surface area contributed by atoms with Gasteiger partial charge in [-0.15, -0.1) is 0 Å².